The Labute approximate surface area is 314 Å². The fourth-order valence-electron chi connectivity index (χ4n) is 3.11. The van der Waals surface area contributed by atoms with Gasteiger partial charge in [-0.25, -0.2) is 12.8 Å². The summed E-state index contributed by atoms with van der Waals surface area (Å²) in [5, 5.41) is -13.7. The molecule has 1 atom stereocenters. The van der Waals surface area contributed by atoms with E-state index in [1.807, 2.05) is 0 Å². The predicted octanol–water partition coefficient (Wildman–Crippen LogP) is 10.7. The molecule has 63 heavy (non-hydrogen) atoms. The summed E-state index contributed by atoms with van der Waals surface area (Å²) >= 11 is 0. The second-order valence-corrected chi connectivity index (χ2v) is 15.5. The first-order valence-corrected chi connectivity index (χ1v) is 15.9. The van der Waals surface area contributed by atoms with Crippen molar-refractivity contribution in [2.24, 2.45) is 0 Å². The molecule has 0 aromatic carbocycles. The van der Waals surface area contributed by atoms with Gasteiger partial charge in [0.2, 0.25) is 0 Å². The van der Waals surface area contributed by atoms with Gasteiger partial charge in [-0.1, -0.05) is 0 Å². The van der Waals surface area contributed by atoms with Crippen LogP contribution in [0.1, 0.15) is 0 Å². The molecular weight excluding hydrogens is 1080 g/mol. The molecule has 0 saturated carbocycles. The SMILES string of the molecule is O=S(=O)(C(F)(F)C(F)(F)C(F)(F)C(F)(F)C(F)(F)C(F)(F)F)C(F)(C(F)(F)C(F)(F)NC(F)(F)C(F)(F)F)[Si](OC(F)(F)C(F)(F)F)(OC(F)(F)C(F)(F)F)OC(F)(F)C(F)(F)F. The smallest absolute Gasteiger partial charge is 0.303 e. The Morgan fingerprint density at radius 1 is 0.302 bits per heavy atom. The van der Waals surface area contributed by atoms with Crippen molar-refractivity contribution in [1.29, 1.82) is 0 Å². The molecule has 0 aromatic heterocycles. The van der Waals surface area contributed by atoms with E-state index in [0.29, 0.717) is 0 Å². The van der Waals surface area contributed by atoms with Crippen LogP contribution in [0.15, 0.2) is 0 Å². The molecule has 0 spiro atoms. The van der Waals surface area contributed by atoms with E-state index in [9.17, 15) is 162 Å². The lowest BCUT2D eigenvalue weighted by Gasteiger charge is -2.49. The van der Waals surface area contributed by atoms with Crippen LogP contribution in [0.4, 0.5) is 167 Å². The van der Waals surface area contributed by atoms with Crippen molar-refractivity contribution in [1.82, 2.24) is 5.32 Å². The molecule has 0 rings (SSSR count). The lowest BCUT2D eigenvalue weighted by Crippen LogP contribution is -2.85. The standard InChI is InChI=1S/C17HF38NO5SSi/c18-1(19,3(22,23)6(28,29)30)2(20,21)4(24,25)16(53,54)62(57,58)17(55,5(26,27)11(43,44)56-12(45,46)7(31,32)33)63(59-13(47,48)8(34,35)36,60-14(49,50)9(37,38)39)61-15(51,52)10(40,41)42/h56H. The monoisotopic (exact) mass is 1080 g/mol. The first kappa shape index (κ1) is 60.3. The molecule has 0 aliphatic rings. The van der Waals surface area contributed by atoms with E-state index in [-0.39, 0.29) is 0 Å². The van der Waals surface area contributed by atoms with Gasteiger partial charge in [-0.2, -0.15) is 168 Å². The van der Waals surface area contributed by atoms with Gasteiger partial charge in [0.25, 0.3) is 9.84 Å². The van der Waals surface area contributed by atoms with Crippen molar-refractivity contribution in [2.45, 2.75) is 101 Å². The summed E-state index contributed by atoms with van der Waals surface area (Å²) in [6, 6.07) is -18.3. The molecular formula is C17HF38NO5SSi. The topological polar surface area (TPSA) is 73.9 Å². The maximum Gasteiger partial charge on any atom is 0.577 e. The first-order valence-electron chi connectivity index (χ1n) is 12.6. The molecule has 0 amide bonds. The van der Waals surface area contributed by atoms with Crippen LogP contribution in [0, 0.1) is 0 Å². The van der Waals surface area contributed by atoms with Gasteiger partial charge in [-0.05, 0) is 0 Å². The van der Waals surface area contributed by atoms with E-state index in [1.165, 1.54) is 0 Å². The van der Waals surface area contributed by atoms with Crippen LogP contribution in [0.25, 0.3) is 0 Å². The van der Waals surface area contributed by atoms with Crippen molar-refractivity contribution in [3.8, 4) is 0 Å². The van der Waals surface area contributed by atoms with Crippen molar-refractivity contribution in [3.05, 3.63) is 0 Å². The molecule has 0 aliphatic carbocycles. The van der Waals surface area contributed by atoms with Crippen molar-refractivity contribution in [2.75, 3.05) is 0 Å². The van der Waals surface area contributed by atoms with Gasteiger partial charge in [0.05, 0.1) is 0 Å². The Balaban J connectivity index is 10.1. The van der Waals surface area contributed by atoms with Gasteiger partial charge in [-0.3, -0.25) is 0 Å². The molecule has 0 heterocycles. The zero-order valence-electron chi connectivity index (χ0n) is 26.3. The molecule has 0 aliphatic heterocycles. The summed E-state index contributed by atoms with van der Waals surface area (Å²) in [7, 11) is -25.6. The molecule has 6 nitrogen and oxygen atoms in total. The van der Waals surface area contributed by atoms with Gasteiger partial charge < -0.3 is 13.3 Å². The third kappa shape index (κ3) is 8.99. The third-order valence-electron chi connectivity index (χ3n) is 6.25. The molecule has 0 bridgehead atoms. The second kappa shape index (κ2) is 15.2. The largest absolute Gasteiger partial charge is 0.577 e. The Kier molecular flexibility index (Phi) is 14.5. The van der Waals surface area contributed by atoms with Crippen molar-refractivity contribution in [3.63, 3.8) is 0 Å². The van der Waals surface area contributed by atoms with Crippen molar-refractivity contribution < 1.29 is 189 Å². The Hall–Kier alpha value is -2.65. The van der Waals surface area contributed by atoms with Crippen LogP contribution < -0.4 is 5.32 Å². The molecule has 380 valence electrons. The lowest BCUT2D eigenvalue weighted by molar-refractivity contribution is -0.434. The fourth-order valence-corrected chi connectivity index (χ4v) is 8.89. The van der Waals surface area contributed by atoms with E-state index in [4.69, 9.17) is 0 Å². The highest BCUT2D eigenvalue weighted by molar-refractivity contribution is 7.95. The lowest BCUT2D eigenvalue weighted by atomic mass is 9.98. The van der Waals surface area contributed by atoms with Gasteiger partial charge in [-0.15, -0.1) is 0 Å². The summed E-state index contributed by atoms with van der Waals surface area (Å²) in [5.74, 6) is -50.9. The second-order valence-electron chi connectivity index (χ2n) is 10.7. The number of alkyl halides is 38. The fraction of sp³-hybridized carbons (Fsp3) is 1.00. The van der Waals surface area contributed by atoms with Gasteiger partial charge in [0.15, 0.2) is 0 Å². The quantitative estimate of drug-likeness (QED) is 0.0889. The zero-order valence-corrected chi connectivity index (χ0v) is 28.1. The number of sulfone groups is 1. The number of hydrogen-bond acceptors (Lipinski definition) is 6. The molecule has 46 heteroatoms. The molecule has 1 unspecified atom stereocenters. The normalized spacial score (nSPS) is 17.9. The zero-order chi connectivity index (χ0) is 52.3. The van der Waals surface area contributed by atoms with E-state index in [1.54, 1.807) is 0 Å². The predicted molar refractivity (Wildman–Crippen MR) is 110 cm³/mol. The maximum atomic E-state index is 16.6. The summed E-state index contributed by atoms with van der Waals surface area (Å²) in [4.78, 5) is 0. The van der Waals surface area contributed by atoms with Crippen LogP contribution in [0.5, 0.6) is 0 Å². The van der Waals surface area contributed by atoms with Crippen LogP contribution in [0.3, 0.4) is 0 Å². The Morgan fingerprint density at radius 3 is 0.778 bits per heavy atom. The highest BCUT2D eigenvalue weighted by Gasteiger charge is 3.01. The van der Waals surface area contributed by atoms with E-state index < -0.39 is 125 Å². The average Bonchev–Trinajstić information content (AvgIpc) is 2.95. The highest BCUT2D eigenvalue weighted by Crippen LogP contribution is 2.66. The first-order chi connectivity index (χ1) is 26.3. The highest BCUT2D eigenvalue weighted by atomic mass is 32.2. The number of rotatable bonds is 17. The third-order valence-corrected chi connectivity index (χ3v) is 12.4. The molecule has 0 aromatic rings. The van der Waals surface area contributed by atoms with Gasteiger partial charge in [0, 0.05) is 0 Å². The van der Waals surface area contributed by atoms with Crippen molar-refractivity contribution >= 4 is 18.6 Å². The van der Waals surface area contributed by atoms with Gasteiger partial charge in [0.1, 0.15) is 0 Å². The average molecular weight is 1080 g/mol. The minimum atomic E-state index is -13.2. The molecule has 0 saturated heterocycles. The summed E-state index contributed by atoms with van der Waals surface area (Å²) in [5.41, 5.74) is 0. The summed E-state index contributed by atoms with van der Waals surface area (Å²) in [6.45, 7) is 0. The summed E-state index contributed by atoms with van der Waals surface area (Å²) in [6.07, 6.45) is -72.2. The Morgan fingerprint density at radius 2 is 0.556 bits per heavy atom. The molecule has 0 radical (unpaired) electrons. The number of nitrogens with one attached hydrogen (secondary N) is 1. The van der Waals surface area contributed by atoms with E-state index in [0.717, 1.165) is 13.3 Å². The maximum absolute atomic E-state index is 16.6. The molecule has 0 fully saturated rings. The van der Waals surface area contributed by atoms with E-state index >= 15 is 13.2 Å². The van der Waals surface area contributed by atoms with Crippen LogP contribution in [0.2, 0.25) is 0 Å². The minimum absolute atomic E-state index is 0.831. The van der Waals surface area contributed by atoms with Crippen LogP contribution in [-0.4, -0.2) is 118 Å². The van der Waals surface area contributed by atoms with Gasteiger partial charge >= 0.3 is 110 Å². The van der Waals surface area contributed by atoms with Crippen LogP contribution in [-0.2, 0) is 23.1 Å². The number of hydrogen-bond donors (Lipinski definition) is 1. The Bertz CT molecular complexity index is 1680. The van der Waals surface area contributed by atoms with Crippen LogP contribution >= 0.6 is 0 Å². The summed E-state index contributed by atoms with van der Waals surface area (Å²) < 4.78 is 535. The molecule has 1 N–H and O–H groups in total. The number of halogens is 38. The minimum Gasteiger partial charge on any atom is -0.303 e. The van der Waals surface area contributed by atoms with E-state index in [2.05, 4.69) is 0 Å².